The van der Waals surface area contributed by atoms with Crippen LogP contribution in [-0.2, 0) is 0 Å². The van der Waals surface area contributed by atoms with Gasteiger partial charge >= 0.3 is 0 Å². The van der Waals surface area contributed by atoms with Crippen molar-refractivity contribution in [1.82, 2.24) is 4.98 Å². The van der Waals surface area contributed by atoms with Crippen molar-refractivity contribution in [3.05, 3.63) is 40.7 Å². The molecule has 0 amide bonds. The van der Waals surface area contributed by atoms with Crippen LogP contribution in [0.15, 0.2) is 35.1 Å². The Balaban J connectivity index is 2.06. The first-order chi connectivity index (χ1) is 8.81. The molecule has 0 saturated heterocycles. The third kappa shape index (κ3) is 2.92. The van der Waals surface area contributed by atoms with Gasteiger partial charge in [0, 0.05) is 18.4 Å². The Bertz CT molecular complexity index is 622. The fourth-order valence-corrected chi connectivity index (χ4v) is 1.88. The second-order valence-electron chi connectivity index (χ2n) is 4.19. The molecule has 1 aromatic heterocycles. The van der Waals surface area contributed by atoms with E-state index in [4.69, 9.17) is 6.42 Å². The van der Waals surface area contributed by atoms with E-state index in [-0.39, 0.29) is 5.56 Å². The van der Waals surface area contributed by atoms with Crippen LogP contribution >= 0.6 is 0 Å². The average molecular weight is 240 g/mol. The lowest BCUT2D eigenvalue weighted by Crippen LogP contribution is -2.11. The van der Waals surface area contributed by atoms with Gasteiger partial charge in [-0.05, 0) is 30.4 Å². The molecular weight excluding hydrogens is 224 g/mol. The van der Waals surface area contributed by atoms with E-state index in [1.807, 2.05) is 30.3 Å². The van der Waals surface area contributed by atoms with E-state index in [2.05, 4.69) is 16.2 Å². The number of anilines is 1. The number of fused-ring (bicyclic) bond motifs is 1. The van der Waals surface area contributed by atoms with Gasteiger partial charge in [0.25, 0.3) is 5.56 Å². The van der Waals surface area contributed by atoms with Gasteiger partial charge < -0.3 is 10.3 Å². The minimum absolute atomic E-state index is 0.0563. The molecule has 0 aliphatic carbocycles. The number of unbranched alkanes of at least 4 members (excludes halogenated alkanes) is 2. The van der Waals surface area contributed by atoms with E-state index in [1.165, 1.54) is 0 Å². The normalized spacial score (nSPS) is 10.2. The predicted molar refractivity (Wildman–Crippen MR) is 75.7 cm³/mol. The quantitative estimate of drug-likeness (QED) is 0.623. The number of aromatic nitrogens is 1. The number of aromatic amines is 1. The number of pyridine rings is 1. The summed E-state index contributed by atoms with van der Waals surface area (Å²) >= 11 is 0. The molecule has 0 aliphatic rings. The summed E-state index contributed by atoms with van der Waals surface area (Å²) in [5.41, 5.74) is -0.0563. The molecule has 3 heteroatoms. The Morgan fingerprint density at radius 2 is 2.11 bits per heavy atom. The number of hydrogen-bond acceptors (Lipinski definition) is 2. The second-order valence-corrected chi connectivity index (χ2v) is 4.19. The van der Waals surface area contributed by atoms with Gasteiger partial charge in [-0.2, -0.15) is 0 Å². The van der Waals surface area contributed by atoms with Crippen molar-refractivity contribution >= 4 is 16.6 Å². The Morgan fingerprint density at radius 3 is 2.94 bits per heavy atom. The van der Waals surface area contributed by atoms with Crippen LogP contribution in [0.1, 0.15) is 19.3 Å². The number of rotatable bonds is 5. The SMILES string of the molecule is C#CCCCCNc1cc2ccccc2c(=O)[nH]1. The second kappa shape index (κ2) is 5.92. The summed E-state index contributed by atoms with van der Waals surface area (Å²) in [4.78, 5) is 14.6. The molecule has 0 saturated carbocycles. The largest absolute Gasteiger partial charge is 0.372 e. The summed E-state index contributed by atoms with van der Waals surface area (Å²) in [6.45, 7) is 0.815. The van der Waals surface area contributed by atoms with Gasteiger partial charge in [0.15, 0.2) is 0 Å². The molecule has 0 fully saturated rings. The van der Waals surface area contributed by atoms with E-state index in [1.54, 1.807) is 0 Å². The maximum absolute atomic E-state index is 11.8. The van der Waals surface area contributed by atoms with Crippen molar-refractivity contribution in [2.75, 3.05) is 11.9 Å². The van der Waals surface area contributed by atoms with Crippen LogP contribution in [-0.4, -0.2) is 11.5 Å². The maximum atomic E-state index is 11.8. The van der Waals surface area contributed by atoms with Gasteiger partial charge in [-0.1, -0.05) is 18.2 Å². The molecule has 2 rings (SSSR count). The standard InChI is InChI=1S/C15H16N2O/c1-2-3-4-7-10-16-14-11-12-8-5-6-9-13(12)15(18)17-14/h1,5-6,8-9,11H,3-4,7,10H2,(H2,16,17,18). The molecule has 18 heavy (non-hydrogen) atoms. The highest BCUT2D eigenvalue weighted by molar-refractivity contribution is 5.83. The zero-order valence-electron chi connectivity index (χ0n) is 10.2. The third-order valence-electron chi connectivity index (χ3n) is 2.82. The Kier molecular flexibility index (Phi) is 4.03. The Labute approximate surface area is 106 Å². The summed E-state index contributed by atoms with van der Waals surface area (Å²) in [6, 6.07) is 9.51. The van der Waals surface area contributed by atoms with Gasteiger partial charge in [-0.3, -0.25) is 4.79 Å². The van der Waals surface area contributed by atoms with E-state index >= 15 is 0 Å². The van der Waals surface area contributed by atoms with E-state index in [0.717, 1.165) is 42.4 Å². The van der Waals surface area contributed by atoms with Gasteiger partial charge in [0.05, 0.1) is 0 Å². The topological polar surface area (TPSA) is 44.9 Å². The summed E-state index contributed by atoms with van der Waals surface area (Å²) in [7, 11) is 0. The molecular formula is C15H16N2O. The summed E-state index contributed by atoms with van der Waals surface area (Å²) in [5.74, 6) is 3.38. The van der Waals surface area contributed by atoms with Gasteiger partial charge in [0.2, 0.25) is 0 Å². The average Bonchev–Trinajstić information content (AvgIpc) is 2.39. The number of benzene rings is 1. The molecule has 0 radical (unpaired) electrons. The summed E-state index contributed by atoms with van der Waals surface area (Å²) in [6.07, 6.45) is 7.99. The highest BCUT2D eigenvalue weighted by Gasteiger charge is 2.00. The molecule has 2 N–H and O–H groups in total. The van der Waals surface area contributed by atoms with Crippen LogP contribution in [0, 0.1) is 12.3 Å². The molecule has 0 aliphatic heterocycles. The number of nitrogens with one attached hydrogen (secondary N) is 2. The first kappa shape index (κ1) is 12.3. The zero-order valence-corrected chi connectivity index (χ0v) is 10.2. The Hall–Kier alpha value is -2.21. The minimum atomic E-state index is -0.0563. The molecule has 0 atom stereocenters. The van der Waals surface area contributed by atoms with Crippen molar-refractivity contribution in [3.63, 3.8) is 0 Å². The van der Waals surface area contributed by atoms with Gasteiger partial charge in [-0.25, -0.2) is 0 Å². The summed E-state index contributed by atoms with van der Waals surface area (Å²) < 4.78 is 0. The molecule has 0 bridgehead atoms. The first-order valence-corrected chi connectivity index (χ1v) is 6.10. The van der Waals surface area contributed by atoms with Crippen LogP contribution in [0.2, 0.25) is 0 Å². The molecule has 1 heterocycles. The fourth-order valence-electron chi connectivity index (χ4n) is 1.88. The monoisotopic (exact) mass is 240 g/mol. The predicted octanol–water partition coefficient (Wildman–Crippen LogP) is 2.74. The van der Waals surface area contributed by atoms with Crippen LogP contribution in [0.5, 0.6) is 0 Å². The van der Waals surface area contributed by atoms with E-state index in [0.29, 0.717) is 0 Å². The van der Waals surface area contributed by atoms with Crippen LogP contribution < -0.4 is 10.9 Å². The lowest BCUT2D eigenvalue weighted by atomic mass is 10.2. The minimum Gasteiger partial charge on any atom is -0.372 e. The lowest BCUT2D eigenvalue weighted by Gasteiger charge is -2.06. The van der Waals surface area contributed by atoms with Crippen molar-refractivity contribution < 1.29 is 0 Å². The lowest BCUT2D eigenvalue weighted by molar-refractivity contribution is 0.787. The number of hydrogen-bond donors (Lipinski definition) is 2. The van der Waals surface area contributed by atoms with Crippen LogP contribution in [0.25, 0.3) is 10.8 Å². The molecule has 2 aromatic rings. The molecule has 92 valence electrons. The van der Waals surface area contributed by atoms with Crippen molar-refractivity contribution in [2.45, 2.75) is 19.3 Å². The first-order valence-electron chi connectivity index (χ1n) is 6.10. The number of H-pyrrole nitrogens is 1. The maximum Gasteiger partial charge on any atom is 0.257 e. The molecule has 0 unspecified atom stereocenters. The van der Waals surface area contributed by atoms with E-state index < -0.39 is 0 Å². The number of terminal acetylenes is 1. The smallest absolute Gasteiger partial charge is 0.257 e. The van der Waals surface area contributed by atoms with Crippen molar-refractivity contribution in [3.8, 4) is 12.3 Å². The summed E-state index contributed by atoms with van der Waals surface area (Å²) in [5, 5.41) is 4.88. The Morgan fingerprint density at radius 1 is 1.28 bits per heavy atom. The van der Waals surface area contributed by atoms with Gasteiger partial charge in [-0.15, -0.1) is 12.3 Å². The fraction of sp³-hybridized carbons (Fsp3) is 0.267. The van der Waals surface area contributed by atoms with Crippen molar-refractivity contribution in [1.29, 1.82) is 0 Å². The zero-order chi connectivity index (χ0) is 12.8. The van der Waals surface area contributed by atoms with Crippen LogP contribution in [0.3, 0.4) is 0 Å². The molecule has 0 spiro atoms. The highest BCUT2D eigenvalue weighted by Crippen LogP contribution is 2.12. The van der Waals surface area contributed by atoms with Crippen molar-refractivity contribution in [2.24, 2.45) is 0 Å². The third-order valence-corrected chi connectivity index (χ3v) is 2.82. The van der Waals surface area contributed by atoms with E-state index in [9.17, 15) is 4.79 Å². The highest BCUT2D eigenvalue weighted by atomic mass is 16.1. The van der Waals surface area contributed by atoms with Gasteiger partial charge in [0.1, 0.15) is 5.82 Å². The molecule has 3 nitrogen and oxygen atoms in total. The van der Waals surface area contributed by atoms with Crippen LogP contribution in [0.4, 0.5) is 5.82 Å². The molecule has 1 aromatic carbocycles.